The highest BCUT2D eigenvalue weighted by atomic mass is 16.6. The van der Waals surface area contributed by atoms with E-state index in [-0.39, 0.29) is 17.9 Å². The number of carbonyl (C=O) groups excluding carboxylic acids is 3. The number of anilines is 1. The molecule has 0 bridgehead atoms. The topological polar surface area (TPSA) is 97.4 Å². The molecule has 3 amide bonds. The Bertz CT molecular complexity index is 884. The molecule has 4 rings (SSSR count). The molecule has 0 aromatic heterocycles. The van der Waals surface area contributed by atoms with Gasteiger partial charge in [-0.15, -0.1) is 0 Å². The van der Waals surface area contributed by atoms with Gasteiger partial charge < -0.3 is 29.3 Å². The van der Waals surface area contributed by atoms with E-state index < -0.39 is 5.60 Å². The summed E-state index contributed by atoms with van der Waals surface area (Å²) in [5, 5.41) is 2.86. The predicted octanol–water partition coefficient (Wildman–Crippen LogP) is 2.11. The highest BCUT2D eigenvalue weighted by molar-refractivity contribution is 5.99. The van der Waals surface area contributed by atoms with Crippen LogP contribution in [0.4, 0.5) is 10.5 Å². The number of carbonyl (C=O) groups is 3. The second kappa shape index (κ2) is 7.70. The van der Waals surface area contributed by atoms with Gasteiger partial charge in [-0.2, -0.15) is 0 Å². The standard InChI is InChI=1S/C21H27N3O6/c1-23-11-21(30-20(23)27)6-7-24(12-21)19(26)14-9-15(18(29-3)16(10-14)28-2)22-17(25)8-13-4-5-13/h9-10,13H,4-8,11-12H2,1-3H3,(H,22,25). The summed E-state index contributed by atoms with van der Waals surface area (Å²) in [4.78, 5) is 40.5. The van der Waals surface area contributed by atoms with Gasteiger partial charge in [0.1, 0.15) is 0 Å². The Morgan fingerprint density at radius 3 is 2.60 bits per heavy atom. The highest BCUT2D eigenvalue weighted by Gasteiger charge is 2.49. The molecule has 1 saturated carbocycles. The van der Waals surface area contributed by atoms with Crippen molar-refractivity contribution in [3.05, 3.63) is 17.7 Å². The molecule has 1 aromatic rings. The van der Waals surface area contributed by atoms with Gasteiger partial charge in [0.05, 0.1) is 33.0 Å². The van der Waals surface area contributed by atoms with E-state index in [0.29, 0.717) is 61.1 Å². The Morgan fingerprint density at radius 1 is 1.23 bits per heavy atom. The van der Waals surface area contributed by atoms with Crippen molar-refractivity contribution < 1.29 is 28.6 Å². The molecule has 30 heavy (non-hydrogen) atoms. The minimum absolute atomic E-state index is 0.108. The average Bonchev–Trinajstić information content (AvgIpc) is 3.36. The number of benzene rings is 1. The van der Waals surface area contributed by atoms with Crippen molar-refractivity contribution in [1.29, 1.82) is 0 Å². The van der Waals surface area contributed by atoms with E-state index in [1.54, 1.807) is 24.1 Å². The molecule has 2 aliphatic heterocycles. The van der Waals surface area contributed by atoms with Gasteiger partial charge in [0.2, 0.25) is 5.91 Å². The maximum absolute atomic E-state index is 13.2. The Labute approximate surface area is 175 Å². The SMILES string of the molecule is COc1cc(C(=O)N2CCC3(CN(C)C(=O)O3)C2)cc(NC(=O)CC2CC2)c1OC. The highest BCUT2D eigenvalue weighted by Crippen LogP contribution is 2.39. The number of rotatable bonds is 6. The number of hydrogen-bond donors (Lipinski definition) is 1. The average molecular weight is 417 g/mol. The summed E-state index contributed by atoms with van der Waals surface area (Å²) in [6.45, 7) is 1.28. The molecule has 1 aromatic carbocycles. The van der Waals surface area contributed by atoms with Gasteiger partial charge in [0.25, 0.3) is 5.91 Å². The maximum Gasteiger partial charge on any atom is 0.410 e. The van der Waals surface area contributed by atoms with E-state index in [9.17, 15) is 14.4 Å². The number of likely N-dealkylation sites (N-methyl/N-ethyl adjacent to an activating group) is 1. The molecule has 1 atom stereocenters. The largest absolute Gasteiger partial charge is 0.493 e. The summed E-state index contributed by atoms with van der Waals surface area (Å²) >= 11 is 0. The normalized spacial score (nSPS) is 23.0. The van der Waals surface area contributed by atoms with Crippen LogP contribution in [0, 0.1) is 5.92 Å². The lowest BCUT2D eigenvalue weighted by Gasteiger charge is -2.22. The van der Waals surface area contributed by atoms with Gasteiger partial charge in [-0.05, 0) is 30.9 Å². The van der Waals surface area contributed by atoms with Crippen molar-refractivity contribution >= 4 is 23.6 Å². The third kappa shape index (κ3) is 3.88. The van der Waals surface area contributed by atoms with Gasteiger partial charge in [-0.1, -0.05) is 0 Å². The Balaban J connectivity index is 1.55. The Morgan fingerprint density at radius 2 is 2.00 bits per heavy atom. The lowest BCUT2D eigenvalue weighted by Crippen LogP contribution is -2.39. The summed E-state index contributed by atoms with van der Waals surface area (Å²) in [5.74, 6) is 0.865. The third-order valence-corrected chi connectivity index (χ3v) is 5.92. The zero-order chi connectivity index (χ0) is 21.5. The van der Waals surface area contributed by atoms with E-state index in [4.69, 9.17) is 14.2 Å². The number of amides is 3. The molecule has 9 nitrogen and oxygen atoms in total. The van der Waals surface area contributed by atoms with E-state index in [2.05, 4.69) is 5.32 Å². The van der Waals surface area contributed by atoms with Gasteiger partial charge in [0.15, 0.2) is 17.1 Å². The van der Waals surface area contributed by atoms with Crippen LogP contribution < -0.4 is 14.8 Å². The van der Waals surface area contributed by atoms with Crippen molar-refractivity contribution in [2.24, 2.45) is 5.92 Å². The van der Waals surface area contributed by atoms with Gasteiger partial charge >= 0.3 is 6.09 Å². The monoisotopic (exact) mass is 417 g/mol. The van der Waals surface area contributed by atoms with E-state index in [1.807, 2.05) is 0 Å². The van der Waals surface area contributed by atoms with Crippen LogP contribution in [0.3, 0.4) is 0 Å². The fraction of sp³-hybridized carbons (Fsp3) is 0.571. The quantitative estimate of drug-likeness (QED) is 0.761. The molecule has 1 aliphatic carbocycles. The van der Waals surface area contributed by atoms with Crippen LogP contribution in [0.5, 0.6) is 11.5 Å². The Hall–Kier alpha value is -2.97. The van der Waals surface area contributed by atoms with Crippen molar-refractivity contribution in [3.63, 3.8) is 0 Å². The first-order chi connectivity index (χ1) is 14.3. The minimum atomic E-state index is -0.653. The second-order valence-electron chi connectivity index (χ2n) is 8.34. The lowest BCUT2D eigenvalue weighted by molar-refractivity contribution is -0.116. The molecule has 3 fully saturated rings. The number of hydrogen-bond acceptors (Lipinski definition) is 6. The fourth-order valence-corrected chi connectivity index (χ4v) is 4.17. The van der Waals surface area contributed by atoms with Crippen molar-refractivity contribution in [2.75, 3.05) is 46.2 Å². The van der Waals surface area contributed by atoms with Crippen molar-refractivity contribution in [1.82, 2.24) is 9.80 Å². The molecule has 3 aliphatic rings. The summed E-state index contributed by atoms with van der Waals surface area (Å²) in [5.41, 5.74) is 0.134. The smallest absolute Gasteiger partial charge is 0.410 e. The lowest BCUT2D eigenvalue weighted by atomic mass is 10.0. The van der Waals surface area contributed by atoms with Gasteiger partial charge in [-0.3, -0.25) is 9.59 Å². The van der Waals surface area contributed by atoms with Crippen LogP contribution in [0.15, 0.2) is 12.1 Å². The predicted molar refractivity (Wildman–Crippen MR) is 108 cm³/mol. The van der Waals surface area contributed by atoms with Crippen LogP contribution in [-0.2, 0) is 9.53 Å². The zero-order valence-corrected chi connectivity index (χ0v) is 17.5. The number of likely N-dealkylation sites (tertiary alicyclic amines) is 1. The van der Waals surface area contributed by atoms with Gasteiger partial charge in [-0.25, -0.2) is 4.79 Å². The van der Waals surface area contributed by atoms with E-state index >= 15 is 0 Å². The first-order valence-corrected chi connectivity index (χ1v) is 10.1. The van der Waals surface area contributed by atoms with E-state index in [1.165, 1.54) is 19.1 Å². The molecule has 2 saturated heterocycles. The molecule has 2 heterocycles. The Kier molecular flexibility index (Phi) is 5.21. The summed E-state index contributed by atoms with van der Waals surface area (Å²) in [7, 11) is 4.66. The number of methoxy groups -OCH3 is 2. The van der Waals surface area contributed by atoms with Crippen LogP contribution in [0.2, 0.25) is 0 Å². The minimum Gasteiger partial charge on any atom is -0.493 e. The molecule has 1 spiro atoms. The maximum atomic E-state index is 13.2. The first-order valence-electron chi connectivity index (χ1n) is 10.1. The van der Waals surface area contributed by atoms with Crippen LogP contribution in [0.1, 0.15) is 36.0 Å². The van der Waals surface area contributed by atoms with Crippen LogP contribution >= 0.6 is 0 Å². The van der Waals surface area contributed by atoms with Crippen LogP contribution in [0.25, 0.3) is 0 Å². The molecule has 1 unspecified atom stereocenters. The first kappa shape index (κ1) is 20.3. The number of nitrogens with zero attached hydrogens (tertiary/aromatic N) is 2. The molecule has 0 radical (unpaired) electrons. The van der Waals surface area contributed by atoms with Crippen molar-refractivity contribution in [3.8, 4) is 11.5 Å². The molecule has 162 valence electrons. The molecule has 9 heteroatoms. The fourth-order valence-electron chi connectivity index (χ4n) is 4.17. The zero-order valence-electron chi connectivity index (χ0n) is 17.5. The number of nitrogens with one attached hydrogen (secondary N) is 1. The van der Waals surface area contributed by atoms with Gasteiger partial charge in [0, 0.05) is 32.0 Å². The molecule has 1 N–H and O–H groups in total. The number of ether oxygens (including phenoxy) is 3. The summed E-state index contributed by atoms with van der Waals surface area (Å²) in [6, 6.07) is 3.22. The third-order valence-electron chi connectivity index (χ3n) is 5.92. The molecular formula is C21H27N3O6. The van der Waals surface area contributed by atoms with E-state index in [0.717, 1.165) is 12.8 Å². The van der Waals surface area contributed by atoms with Crippen LogP contribution in [-0.4, -0.2) is 74.2 Å². The van der Waals surface area contributed by atoms with Crippen molar-refractivity contribution in [2.45, 2.75) is 31.3 Å². The second-order valence-corrected chi connectivity index (χ2v) is 8.34. The summed E-state index contributed by atoms with van der Waals surface area (Å²) < 4.78 is 16.4. The molecular weight excluding hydrogens is 390 g/mol. The summed E-state index contributed by atoms with van der Waals surface area (Å²) in [6.07, 6.45) is 2.83.